The van der Waals surface area contributed by atoms with Crippen LogP contribution >= 0.6 is 27.3 Å². The van der Waals surface area contributed by atoms with Crippen LogP contribution in [0, 0.1) is 11.3 Å². The van der Waals surface area contributed by atoms with E-state index in [1.807, 2.05) is 25.2 Å². The summed E-state index contributed by atoms with van der Waals surface area (Å²) in [7, 11) is 2.03. The average Bonchev–Trinajstić information content (AvgIpc) is 2.77. The molecule has 0 bridgehead atoms. The smallest absolute Gasteiger partial charge is 0.0701 e. The summed E-state index contributed by atoms with van der Waals surface area (Å²) in [6.45, 7) is 0.831. The Labute approximate surface area is 125 Å². The van der Waals surface area contributed by atoms with Gasteiger partial charge in [0.1, 0.15) is 0 Å². The fraction of sp³-hybridized carbons (Fsp3) is 0.214. The third-order valence-corrected chi connectivity index (χ3v) is 4.43. The van der Waals surface area contributed by atoms with Crippen LogP contribution in [0.1, 0.15) is 11.1 Å². The van der Waals surface area contributed by atoms with Gasteiger partial charge < -0.3 is 10.6 Å². The molecule has 0 spiro atoms. The van der Waals surface area contributed by atoms with E-state index in [1.165, 1.54) is 5.56 Å². The van der Waals surface area contributed by atoms with Gasteiger partial charge in [-0.25, -0.2) is 0 Å². The molecule has 0 radical (unpaired) electrons. The number of hydrogen-bond acceptors (Lipinski definition) is 4. The second kappa shape index (κ2) is 6.09. The van der Waals surface area contributed by atoms with Gasteiger partial charge in [-0.2, -0.15) is 5.26 Å². The lowest BCUT2D eigenvalue weighted by molar-refractivity contribution is 0.926. The highest BCUT2D eigenvalue weighted by Gasteiger charge is 2.07. The predicted molar refractivity (Wildman–Crippen MR) is 84.3 cm³/mol. The first-order valence-electron chi connectivity index (χ1n) is 5.79. The Kier molecular flexibility index (Phi) is 4.46. The molecule has 19 heavy (non-hydrogen) atoms. The summed E-state index contributed by atoms with van der Waals surface area (Å²) in [5.74, 6) is 0. The van der Waals surface area contributed by atoms with Crippen molar-refractivity contribution in [3.05, 3.63) is 44.6 Å². The number of benzene rings is 1. The van der Waals surface area contributed by atoms with Crippen LogP contribution in [0.5, 0.6) is 0 Å². The topological polar surface area (TPSA) is 53.0 Å². The van der Waals surface area contributed by atoms with E-state index in [0.29, 0.717) is 12.1 Å². The van der Waals surface area contributed by atoms with Crippen LogP contribution in [0.4, 0.5) is 11.4 Å². The molecule has 0 aliphatic carbocycles. The number of anilines is 2. The minimum atomic E-state index is 0.345. The Balaban J connectivity index is 2.17. The molecule has 0 unspecified atom stereocenters. The maximum absolute atomic E-state index is 8.79. The van der Waals surface area contributed by atoms with Gasteiger partial charge in [-0.15, -0.1) is 11.3 Å². The van der Waals surface area contributed by atoms with Crippen LogP contribution < -0.4 is 10.6 Å². The highest BCUT2D eigenvalue weighted by molar-refractivity contribution is 9.11. The quantitative estimate of drug-likeness (QED) is 0.864. The van der Waals surface area contributed by atoms with E-state index in [4.69, 9.17) is 11.0 Å². The summed E-state index contributed by atoms with van der Waals surface area (Å²) in [5, 5.41) is 10.9. The van der Waals surface area contributed by atoms with Gasteiger partial charge in [-0.1, -0.05) is 0 Å². The minimum absolute atomic E-state index is 0.345. The van der Waals surface area contributed by atoms with E-state index in [9.17, 15) is 0 Å². The molecule has 0 aliphatic rings. The molecule has 0 fully saturated rings. The van der Waals surface area contributed by atoms with Gasteiger partial charge in [0.2, 0.25) is 0 Å². The second-order valence-corrected chi connectivity index (χ2v) is 6.62. The van der Waals surface area contributed by atoms with Crippen LogP contribution in [-0.2, 0) is 13.0 Å². The third-order valence-electron chi connectivity index (χ3n) is 2.88. The Morgan fingerprint density at radius 3 is 2.84 bits per heavy atom. The minimum Gasteiger partial charge on any atom is -0.398 e. The lowest BCUT2D eigenvalue weighted by atomic mass is 10.1. The number of nitrogens with two attached hydrogens (primary N) is 1. The van der Waals surface area contributed by atoms with Crippen LogP contribution in [0.2, 0.25) is 0 Å². The molecular formula is C14H14BrN3S. The largest absolute Gasteiger partial charge is 0.398 e. The molecule has 0 amide bonds. The van der Waals surface area contributed by atoms with Crippen molar-refractivity contribution >= 4 is 38.6 Å². The molecule has 2 aromatic rings. The average molecular weight is 336 g/mol. The summed E-state index contributed by atoms with van der Waals surface area (Å²) in [6.07, 6.45) is 0.345. The van der Waals surface area contributed by atoms with Gasteiger partial charge in [-0.05, 0) is 56.7 Å². The normalized spacial score (nSPS) is 10.2. The second-order valence-electron chi connectivity index (χ2n) is 4.33. The summed E-state index contributed by atoms with van der Waals surface area (Å²) >= 11 is 5.15. The van der Waals surface area contributed by atoms with Crippen LogP contribution in [0.25, 0.3) is 0 Å². The van der Waals surface area contributed by atoms with Crippen molar-refractivity contribution in [2.24, 2.45) is 0 Å². The van der Waals surface area contributed by atoms with E-state index in [0.717, 1.165) is 21.6 Å². The van der Waals surface area contributed by atoms with Gasteiger partial charge in [-0.3, -0.25) is 0 Å². The van der Waals surface area contributed by atoms with Crippen LogP contribution in [-0.4, -0.2) is 7.05 Å². The Morgan fingerprint density at radius 2 is 2.21 bits per heavy atom. The highest BCUT2D eigenvalue weighted by atomic mass is 79.9. The summed E-state index contributed by atoms with van der Waals surface area (Å²) < 4.78 is 1.14. The van der Waals surface area contributed by atoms with Crippen molar-refractivity contribution in [2.45, 2.75) is 13.0 Å². The number of nitrogens with zero attached hydrogens (tertiary/aromatic N) is 2. The third kappa shape index (κ3) is 3.49. The Bertz CT molecular complexity index is 615. The first kappa shape index (κ1) is 13.9. The van der Waals surface area contributed by atoms with Gasteiger partial charge in [0, 0.05) is 25.0 Å². The standard InChI is InChI=1S/C14H14BrN3S/c1-18(8-10-6-14(15)19-9-10)12-2-3-13(17)11(7-12)4-5-16/h2-3,6-7,9H,4,8,17H2,1H3. The first-order chi connectivity index (χ1) is 9.10. The van der Waals surface area contributed by atoms with Crippen molar-refractivity contribution in [1.82, 2.24) is 0 Å². The molecule has 1 heterocycles. The predicted octanol–water partition coefficient (Wildman–Crippen LogP) is 3.80. The van der Waals surface area contributed by atoms with Gasteiger partial charge in [0.15, 0.2) is 0 Å². The Hall–Kier alpha value is -1.51. The van der Waals surface area contributed by atoms with Crippen molar-refractivity contribution in [3.63, 3.8) is 0 Å². The Morgan fingerprint density at radius 1 is 1.42 bits per heavy atom. The van der Waals surface area contributed by atoms with Gasteiger partial charge in [0.05, 0.1) is 16.3 Å². The number of nitriles is 1. The van der Waals surface area contributed by atoms with E-state index in [2.05, 4.69) is 38.3 Å². The zero-order chi connectivity index (χ0) is 13.8. The maximum Gasteiger partial charge on any atom is 0.0701 e. The van der Waals surface area contributed by atoms with Crippen molar-refractivity contribution < 1.29 is 0 Å². The van der Waals surface area contributed by atoms with Crippen molar-refractivity contribution in [2.75, 3.05) is 17.7 Å². The highest BCUT2D eigenvalue weighted by Crippen LogP contribution is 2.25. The summed E-state index contributed by atoms with van der Waals surface area (Å²) in [6, 6.07) is 10.1. The van der Waals surface area contributed by atoms with Crippen LogP contribution in [0.3, 0.4) is 0 Å². The van der Waals surface area contributed by atoms with Gasteiger partial charge >= 0.3 is 0 Å². The summed E-state index contributed by atoms with van der Waals surface area (Å²) in [5.41, 5.74) is 9.76. The van der Waals surface area contributed by atoms with Crippen molar-refractivity contribution in [3.8, 4) is 6.07 Å². The van der Waals surface area contributed by atoms with E-state index < -0.39 is 0 Å². The zero-order valence-electron chi connectivity index (χ0n) is 10.6. The molecule has 3 nitrogen and oxygen atoms in total. The number of thiophene rings is 1. The maximum atomic E-state index is 8.79. The molecule has 2 N–H and O–H groups in total. The molecule has 0 aliphatic heterocycles. The molecule has 5 heteroatoms. The molecule has 1 aromatic heterocycles. The molecule has 0 saturated heterocycles. The number of nitrogen functional groups attached to an aromatic ring is 1. The fourth-order valence-electron chi connectivity index (χ4n) is 1.86. The van der Waals surface area contributed by atoms with E-state index >= 15 is 0 Å². The fourth-order valence-corrected chi connectivity index (χ4v) is 3.06. The number of hydrogen-bond donors (Lipinski definition) is 1. The molecule has 2 rings (SSSR count). The molecule has 98 valence electrons. The van der Waals surface area contributed by atoms with Gasteiger partial charge in [0.25, 0.3) is 0 Å². The summed E-state index contributed by atoms with van der Waals surface area (Å²) in [4.78, 5) is 2.15. The van der Waals surface area contributed by atoms with E-state index in [-0.39, 0.29) is 0 Å². The lowest BCUT2D eigenvalue weighted by Gasteiger charge is -2.20. The lowest BCUT2D eigenvalue weighted by Crippen LogP contribution is -2.16. The van der Waals surface area contributed by atoms with Crippen molar-refractivity contribution in [1.29, 1.82) is 5.26 Å². The molecule has 0 saturated carbocycles. The molecular weight excluding hydrogens is 322 g/mol. The first-order valence-corrected chi connectivity index (χ1v) is 7.47. The molecule has 1 aromatic carbocycles. The molecule has 0 atom stereocenters. The number of halogens is 1. The number of rotatable bonds is 4. The monoisotopic (exact) mass is 335 g/mol. The zero-order valence-corrected chi connectivity index (χ0v) is 13.0. The SMILES string of the molecule is CN(Cc1csc(Br)c1)c1ccc(N)c(CC#N)c1. The van der Waals surface area contributed by atoms with E-state index in [1.54, 1.807) is 11.3 Å². The van der Waals surface area contributed by atoms with Crippen LogP contribution in [0.15, 0.2) is 33.4 Å².